The van der Waals surface area contributed by atoms with Crippen LogP contribution in [0.15, 0.2) is 96.7 Å². The van der Waals surface area contributed by atoms with Gasteiger partial charge in [-0.15, -0.1) is 0 Å². The average Bonchev–Trinajstić information content (AvgIpc) is 3.07. The zero-order valence-corrected chi connectivity index (χ0v) is 17.6. The summed E-state index contributed by atoms with van der Waals surface area (Å²) >= 11 is 0. The molecule has 1 amide bonds. The van der Waals surface area contributed by atoms with Crippen molar-refractivity contribution in [2.75, 3.05) is 7.05 Å². The van der Waals surface area contributed by atoms with Gasteiger partial charge in [0, 0.05) is 6.42 Å². The van der Waals surface area contributed by atoms with Gasteiger partial charge in [-0.05, 0) is 22.8 Å². The van der Waals surface area contributed by atoms with Crippen molar-refractivity contribution in [2.45, 2.75) is 24.9 Å². The van der Waals surface area contributed by atoms with Crippen LogP contribution >= 0.6 is 0 Å². The molecule has 3 aromatic carbocycles. The van der Waals surface area contributed by atoms with Gasteiger partial charge < -0.3 is 0 Å². The number of carbonyl (C=O) groups excluding carboxylic acids is 1. The quantitative estimate of drug-likeness (QED) is 0.657. The van der Waals surface area contributed by atoms with E-state index in [4.69, 9.17) is 0 Å². The van der Waals surface area contributed by atoms with Crippen LogP contribution in [0.4, 0.5) is 0 Å². The molecule has 0 aromatic heterocycles. The van der Waals surface area contributed by atoms with Crippen LogP contribution in [0, 0.1) is 0 Å². The van der Waals surface area contributed by atoms with E-state index in [1.165, 1.54) is 5.56 Å². The standard InChI is InChI=1S/C27H25N3O/c1-29-24(17-20-11-5-2-6-12-20)25(18-21-13-7-3-8-14-21)30-26(31)19-23(28-27(29)30)22-15-9-4-10-16-22/h2-16,18,23-24H,17,19H2,1H3/p+1/b25-18-/t23-,24+/m1/s1. The first-order valence-corrected chi connectivity index (χ1v) is 10.8. The third kappa shape index (κ3) is 3.77. The normalized spacial score (nSPS) is 21.9. The predicted molar refractivity (Wildman–Crippen MR) is 123 cm³/mol. The summed E-state index contributed by atoms with van der Waals surface area (Å²) in [7, 11) is 2.08. The van der Waals surface area contributed by atoms with E-state index in [0.29, 0.717) is 6.42 Å². The number of likely N-dealkylation sites (N-methyl/N-ethyl adjacent to an activating group) is 1. The lowest BCUT2D eigenvalue weighted by molar-refractivity contribution is -0.523. The third-order valence-corrected chi connectivity index (χ3v) is 6.13. The highest BCUT2D eigenvalue weighted by Gasteiger charge is 2.49. The van der Waals surface area contributed by atoms with E-state index >= 15 is 0 Å². The van der Waals surface area contributed by atoms with Gasteiger partial charge in [0.05, 0.1) is 13.5 Å². The molecule has 2 aliphatic heterocycles. The summed E-state index contributed by atoms with van der Waals surface area (Å²) in [6.45, 7) is 0. The van der Waals surface area contributed by atoms with E-state index in [0.717, 1.165) is 29.2 Å². The Morgan fingerprint density at radius 2 is 1.55 bits per heavy atom. The Balaban J connectivity index is 1.55. The minimum Gasteiger partial charge on any atom is -0.270 e. The van der Waals surface area contributed by atoms with Gasteiger partial charge >= 0.3 is 5.96 Å². The first-order valence-electron chi connectivity index (χ1n) is 10.8. The van der Waals surface area contributed by atoms with E-state index in [-0.39, 0.29) is 18.0 Å². The van der Waals surface area contributed by atoms with E-state index in [9.17, 15) is 4.79 Å². The second kappa shape index (κ2) is 8.23. The summed E-state index contributed by atoms with van der Waals surface area (Å²) in [4.78, 5) is 15.3. The van der Waals surface area contributed by atoms with Crippen LogP contribution < -0.4 is 5.32 Å². The molecule has 3 aromatic rings. The van der Waals surface area contributed by atoms with Crippen molar-refractivity contribution in [3.05, 3.63) is 113 Å². The first kappa shape index (κ1) is 19.3. The zero-order valence-electron chi connectivity index (χ0n) is 17.6. The van der Waals surface area contributed by atoms with Crippen molar-refractivity contribution in [3.8, 4) is 0 Å². The van der Waals surface area contributed by atoms with Crippen LogP contribution in [0.25, 0.3) is 6.08 Å². The molecule has 2 atom stereocenters. The monoisotopic (exact) mass is 408 g/mol. The Hall–Kier alpha value is -3.66. The number of guanidine groups is 1. The minimum atomic E-state index is -0.0177. The average molecular weight is 409 g/mol. The Kier molecular flexibility index (Phi) is 5.13. The second-order valence-corrected chi connectivity index (χ2v) is 8.16. The smallest absolute Gasteiger partial charge is 0.270 e. The van der Waals surface area contributed by atoms with E-state index in [2.05, 4.69) is 71.5 Å². The fraction of sp³-hybridized carbons (Fsp3) is 0.185. The molecule has 5 rings (SSSR count). The van der Waals surface area contributed by atoms with Gasteiger partial charge in [0.15, 0.2) is 0 Å². The maximum atomic E-state index is 13.4. The van der Waals surface area contributed by atoms with Crippen molar-refractivity contribution in [3.63, 3.8) is 0 Å². The molecular formula is C27H26N3O+. The van der Waals surface area contributed by atoms with Gasteiger partial charge in [0.25, 0.3) is 5.91 Å². The number of nitrogens with zero attached hydrogens (tertiary/aromatic N) is 2. The summed E-state index contributed by atoms with van der Waals surface area (Å²) in [5, 5.41) is 3.65. The minimum absolute atomic E-state index is 0.0177. The number of hydrogen-bond donors (Lipinski definition) is 1. The highest BCUT2D eigenvalue weighted by Crippen LogP contribution is 2.32. The molecule has 1 N–H and O–H groups in total. The molecule has 154 valence electrons. The van der Waals surface area contributed by atoms with Crippen LogP contribution in [0.2, 0.25) is 0 Å². The number of hydrogen-bond acceptors (Lipinski definition) is 2. The van der Waals surface area contributed by atoms with Crippen molar-refractivity contribution in [1.82, 2.24) is 10.2 Å². The van der Waals surface area contributed by atoms with Gasteiger partial charge in [0.2, 0.25) is 0 Å². The highest BCUT2D eigenvalue weighted by molar-refractivity contribution is 6.01. The van der Waals surface area contributed by atoms with E-state index in [1.54, 1.807) is 0 Å². The molecule has 1 saturated heterocycles. The molecule has 0 aliphatic carbocycles. The predicted octanol–water partition coefficient (Wildman–Crippen LogP) is 4.21. The highest BCUT2D eigenvalue weighted by atomic mass is 16.2. The molecule has 2 heterocycles. The van der Waals surface area contributed by atoms with Gasteiger partial charge in [0.1, 0.15) is 17.8 Å². The number of fused-ring (bicyclic) bond motifs is 1. The van der Waals surface area contributed by atoms with Gasteiger partial charge in [-0.1, -0.05) is 91.0 Å². The van der Waals surface area contributed by atoms with Crippen LogP contribution in [0.3, 0.4) is 0 Å². The summed E-state index contributed by atoms with van der Waals surface area (Å²) in [6.07, 6.45) is 3.42. The lowest BCUT2D eigenvalue weighted by atomic mass is 9.99. The zero-order chi connectivity index (χ0) is 21.2. The van der Waals surface area contributed by atoms with Crippen LogP contribution in [0.1, 0.15) is 29.2 Å². The topological polar surface area (TPSA) is 35.4 Å². The number of rotatable bonds is 4. The van der Waals surface area contributed by atoms with Crippen LogP contribution in [-0.4, -0.2) is 34.4 Å². The van der Waals surface area contributed by atoms with Crippen molar-refractivity contribution in [1.29, 1.82) is 0 Å². The largest absolute Gasteiger partial charge is 0.361 e. The number of nitrogens with one attached hydrogen (secondary N) is 1. The summed E-state index contributed by atoms with van der Waals surface area (Å²) < 4.78 is 2.22. The summed E-state index contributed by atoms with van der Waals surface area (Å²) in [5.41, 5.74) is 4.52. The first-order chi connectivity index (χ1) is 15.2. The molecule has 0 bridgehead atoms. The summed E-state index contributed by atoms with van der Waals surface area (Å²) in [5.74, 6) is 1.00. The van der Waals surface area contributed by atoms with Crippen molar-refractivity contribution < 1.29 is 9.37 Å². The molecule has 2 aliphatic rings. The molecule has 1 fully saturated rings. The number of amides is 1. The molecule has 4 heteroatoms. The molecular weight excluding hydrogens is 382 g/mol. The fourth-order valence-electron chi connectivity index (χ4n) is 4.52. The molecule has 0 saturated carbocycles. The molecule has 31 heavy (non-hydrogen) atoms. The maximum absolute atomic E-state index is 13.4. The van der Waals surface area contributed by atoms with E-state index in [1.807, 2.05) is 47.4 Å². The Morgan fingerprint density at radius 1 is 0.935 bits per heavy atom. The molecule has 0 radical (unpaired) electrons. The van der Waals surface area contributed by atoms with Gasteiger partial charge in [-0.3, -0.25) is 14.7 Å². The Morgan fingerprint density at radius 3 is 2.23 bits per heavy atom. The molecule has 0 spiro atoms. The lowest BCUT2D eigenvalue weighted by Gasteiger charge is -2.26. The Bertz CT molecular complexity index is 1140. The van der Waals surface area contributed by atoms with Gasteiger partial charge in [-0.25, -0.2) is 0 Å². The Labute approximate surface area is 183 Å². The SMILES string of the molecule is C[N+]1=C2N[C@@H](c3ccccc3)CC(=O)N2/C(=C\c2ccccc2)[C@@H]1Cc1ccccc1. The molecule has 0 unspecified atom stereocenters. The third-order valence-electron chi connectivity index (χ3n) is 6.13. The van der Waals surface area contributed by atoms with Crippen LogP contribution in [-0.2, 0) is 11.2 Å². The van der Waals surface area contributed by atoms with E-state index < -0.39 is 0 Å². The number of carbonyl (C=O) groups is 1. The molecule has 4 nitrogen and oxygen atoms in total. The van der Waals surface area contributed by atoms with Crippen molar-refractivity contribution in [2.24, 2.45) is 0 Å². The maximum Gasteiger partial charge on any atom is 0.361 e. The lowest BCUT2D eigenvalue weighted by Crippen LogP contribution is -2.51. The van der Waals surface area contributed by atoms with Crippen LogP contribution in [0.5, 0.6) is 0 Å². The second-order valence-electron chi connectivity index (χ2n) is 8.16. The number of benzene rings is 3. The fourth-order valence-corrected chi connectivity index (χ4v) is 4.52. The van der Waals surface area contributed by atoms with Gasteiger partial charge in [-0.2, -0.15) is 4.90 Å². The van der Waals surface area contributed by atoms with Crippen molar-refractivity contribution >= 4 is 17.9 Å². The summed E-state index contributed by atoms with van der Waals surface area (Å²) in [6, 6.07) is 31.0.